The number of hydrogen-bond acceptors (Lipinski definition) is 3. The molecule has 0 saturated carbocycles. The molecular weight excluding hydrogens is 326 g/mol. The molecule has 1 aliphatic rings. The number of aryl methyl sites for hydroxylation is 2. The second-order valence-corrected chi connectivity index (χ2v) is 7.20. The Bertz CT molecular complexity index is 732. The van der Waals surface area contributed by atoms with Crippen LogP contribution in [0.25, 0.3) is 0 Å². The van der Waals surface area contributed by atoms with Crippen LogP contribution in [0.15, 0.2) is 24.5 Å². The monoisotopic (exact) mass is 357 g/mol. The fourth-order valence-electron chi connectivity index (χ4n) is 4.05. The average molecular weight is 358 g/mol. The van der Waals surface area contributed by atoms with Crippen LogP contribution in [0.4, 0.5) is 0 Å². The van der Waals surface area contributed by atoms with E-state index >= 15 is 0 Å². The van der Waals surface area contributed by atoms with Crippen molar-refractivity contribution >= 4 is 5.91 Å². The first-order chi connectivity index (χ1) is 12.6. The highest BCUT2D eigenvalue weighted by Gasteiger charge is 2.26. The molecule has 6 heteroatoms. The number of unbranched alkanes of at least 4 members (excludes halogenated alkanes) is 1. The van der Waals surface area contributed by atoms with Gasteiger partial charge in [0.2, 0.25) is 0 Å². The van der Waals surface area contributed by atoms with Crippen molar-refractivity contribution in [1.29, 1.82) is 0 Å². The minimum atomic E-state index is -0.0168. The smallest absolute Gasteiger partial charge is 0.267 e. The Labute approximate surface area is 156 Å². The lowest BCUT2D eigenvalue weighted by atomic mass is 9.99. The summed E-state index contributed by atoms with van der Waals surface area (Å²) in [6, 6.07) is 4.49. The zero-order valence-electron chi connectivity index (χ0n) is 16.2. The summed E-state index contributed by atoms with van der Waals surface area (Å²) in [7, 11) is 3.69. The Hall–Kier alpha value is -2.08. The molecule has 3 rings (SSSR count). The van der Waals surface area contributed by atoms with Crippen LogP contribution in [0.2, 0.25) is 0 Å². The van der Waals surface area contributed by atoms with Gasteiger partial charge in [0.25, 0.3) is 5.91 Å². The fourth-order valence-corrected chi connectivity index (χ4v) is 4.05. The second kappa shape index (κ2) is 8.54. The first kappa shape index (κ1) is 18.7. The number of piperidine rings is 1. The molecule has 0 aromatic carbocycles. The van der Waals surface area contributed by atoms with E-state index in [1.807, 2.05) is 19.3 Å². The number of carbonyl (C=O) groups excluding carboxylic acids is 1. The van der Waals surface area contributed by atoms with Gasteiger partial charge in [-0.2, -0.15) is 0 Å². The van der Waals surface area contributed by atoms with Crippen molar-refractivity contribution in [2.24, 2.45) is 7.05 Å². The highest BCUT2D eigenvalue weighted by Crippen LogP contribution is 2.32. The highest BCUT2D eigenvalue weighted by molar-refractivity contribution is 5.92. The first-order valence-electron chi connectivity index (χ1n) is 9.71. The standard InChI is InChI=1S/C20H31N5O/c1-16-22-11-15-24(16)12-6-7-14-25-13-5-4-8-18(25)17-9-10-19(23(17)3)20(26)21-2/h9-11,15,18H,4-8,12-14H2,1-3H3,(H,21,26)/t18-/m1/s1. The summed E-state index contributed by atoms with van der Waals surface area (Å²) in [5, 5.41) is 2.73. The van der Waals surface area contributed by atoms with Crippen molar-refractivity contribution in [3.63, 3.8) is 0 Å². The molecule has 0 spiro atoms. The first-order valence-corrected chi connectivity index (χ1v) is 9.71. The molecule has 1 atom stereocenters. The maximum absolute atomic E-state index is 12.0. The number of rotatable bonds is 7. The van der Waals surface area contributed by atoms with Crippen LogP contribution in [-0.2, 0) is 13.6 Å². The molecule has 0 radical (unpaired) electrons. The maximum Gasteiger partial charge on any atom is 0.267 e. The van der Waals surface area contributed by atoms with Gasteiger partial charge in [-0.25, -0.2) is 4.98 Å². The number of nitrogens with zero attached hydrogens (tertiary/aromatic N) is 4. The summed E-state index contributed by atoms with van der Waals surface area (Å²) in [6.07, 6.45) is 9.97. The van der Waals surface area contributed by atoms with Gasteiger partial charge in [0.05, 0.1) is 6.04 Å². The Kier molecular flexibility index (Phi) is 6.14. The van der Waals surface area contributed by atoms with E-state index in [0.29, 0.717) is 6.04 Å². The molecule has 1 fully saturated rings. The second-order valence-electron chi connectivity index (χ2n) is 7.20. The van der Waals surface area contributed by atoms with E-state index in [1.54, 1.807) is 7.05 Å². The predicted molar refractivity (Wildman–Crippen MR) is 103 cm³/mol. The zero-order valence-corrected chi connectivity index (χ0v) is 16.2. The minimum Gasteiger partial charge on any atom is -0.354 e. The predicted octanol–water partition coefficient (Wildman–Crippen LogP) is 2.90. The Morgan fingerprint density at radius 3 is 2.81 bits per heavy atom. The molecule has 2 aromatic heterocycles. The van der Waals surface area contributed by atoms with Gasteiger partial charge in [-0.3, -0.25) is 9.69 Å². The number of nitrogens with one attached hydrogen (secondary N) is 1. The zero-order chi connectivity index (χ0) is 18.5. The van der Waals surface area contributed by atoms with Gasteiger partial charge in [0, 0.05) is 38.7 Å². The SMILES string of the molecule is CNC(=O)c1ccc([C@H]2CCCCN2CCCCn2ccnc2C)n1C. The summed E-state index contributed by atoms with van der Waals surface area (Å²) >= 11 is 0. The lowest BCUT2D eigenvalue weighted by Gasteiger charge is -2.36. The van der Waals surface area contributed by atoms with Crippen LogP contribution in [0.3, 0.4) is 0 Å². The molecule has 1 aliphatic heterocycles. The topological polar surface area (TPSA) is 55.1 Å². The quantitative estimate of drug-likeness (QED) is 0.775. The van der Waals surface area contributed by atoms with Gasteiger partial charge in [-0.05, 0) is 57.8 Å². The van der Waals surface area contributed by atoms with E-state index in [4.69, 9.17) is 0 Å². The molecule has 26 heavy (non-hydrogen) atoms. The van der Waals surface area contributed by atoms with E-state index < -0.39 is 0 Å². The number of imidazole rings is 1. The average Bonchev–Trinajstić information content (AvgIpc) is 3.24. The van der Waals surface area contributed by atoms with Crippen LogP contribution < -0.4 is 5.32 Å². The van der Waals surface area contributed by atoms with E-state index in [9.17, 15) is 4.79 Å². The normalized spacial score (nSPS) is 18.2. The lowest BCUT2D eigenvalue weighted by Crippen LogP contribution is -2.35. The van der Waals surface area contributed by atoms with Gasteiger partial charge >= 0.3 is 0 Å². The van der Waals surface area contributed by atoms with Crippen LogP contribution in [-0.4, -0.2) is 45.1 Å². The van der Waals surface area contributed by atoms with Crippen molar-refractivity contribution in [2.75, 3.05) is 20.1 Å². The molecule has 0 aliphatic carbocycles. The molecule has 1 amide bonds. The van der Waals surface area contributed by atoms with Crippen LogP contribution >= 0.6 is 0 Å². The number of aromatic nitrogens is 3. The number of likely N-dealkylation sites (tertiary alicyclic amines) is 1. The maximum atomic E-state index is 12.0. The van der Waals surface area contributed by atoms with Gasteiger partial charge in [0.1, 0.15) is 11.5 Å². The fraction of sp³-hybridized carbons (Fsp3) is 0.600. The molecule has 142 valence electrons. The van der Waals surface area contributed by atoms with Crippen LogP contribution in [0, 0.1) is 6.92 Å². The molecule has 1 saturated heterocycles. The molecule has 0 bridgehead atoms. The van der Waals surface area contributed by atoms with E-state index in [1.165, 1.54) is 31.4 Å². The third-order valence-corrected chi connectivity index (χ3v) is 5.59. The van der Waals surface area contributed by atoms with E-state index in [2.05, 4.69) is 43.5 Å². The van der Waals surface area contributed by atoms with Crippen molar-refractivity contribution in [3.05, 3.63) is 41.7 Å². The molecule has 3 heterocycles. The third kappa shape index (κ3) is 4.01. The van der Waals surface area contributed by atoms with Gasteiger partial charge in [-0.15, -0.1) is 0 Å². The summed E-state index contributed by atoms with van der Waals surface area (Å²) in [4.78, 5) is 18.9. The lowest BCUT2D eigenvalue weighted by molar-refractivity contribution is 0.0952. The molecule has 0 unspecified atom stereocenters. The summed E-state index contributed by atoms with van der Waals surface area (Å²) < 4.78 is 4.29. The summed E-state index contributed by atoms with van der Waals surface area (Å²) in [6.45, 7) is 5.35. The molecule has 6 nitrogen and oxygen atoms in total. The van der Waals surface area contributed by atoms with Gasteiger partial charge in [0.15, 0.2) is 0 Å². The third-order valence-electron chi connectivity index (χ3n) is 5.59. The Morgan fingerprint density at radius 2 is 2.08 bits per heavy atom. The van der Waals surface area contributed by atoms with Gasteiger partial charge in [-0.1, -0.05) is 6.42 Å². The molecular formula is C20H31N5O. The van der Waals surface area contributed by atoms with Crippen molar-refractivity contribution in [1.82, 2.24) is 24.3 Å². The van der Waals surface area contributed by atoms with Crippen molar-refractivity contribution in [2.45, 2.75) is 51.6 Å². The van der Waals surface area contributed by atoms with E-state index in [-0.39, 0.29) is 5.91 Å². The van der Waals surface area contributed by atoms with Crippen LogP contribution in [0.1, 0.15) is 60.2 Å². The largest absolute Gasteiger partial charge is 0.354 e. The highest BCUT2D eigenvalue weighted by atomic mass is 16.1. The minimum absolute atomic E-state index is 0.0168. The van der Waals surface area contributed by atoms with Crippen molar-refractivity contribution < 1.29 is 4.79 Å². The Morgan fingerprint density at radius 1 is 1.27 bits per heavy atom. The number of hydrogen-bond donors (Lipinski definition) is 1. The number of amides is 1. The van der Waals surface area contributed by atoms with E-state index in [0.717, 1.165) is 37.6 Å². The molecule has 1 N–H and O–H groups in total. The van der Waals surface area contributed by atoms with Crippen molar-refractivity contribution in [3.8, 4) is 0 Å². The van der Waals surface area contributed by atoms with Crippen LogP contribution in [0.5, 0.6) is 0 Å². The summed E-state index contributed by atoms with van der Waals surface area (Å²) in [5.74, 6) is 1.07. The Balaban J connectivity index is 1.60. The number of carbonyl (C=O) groups is 1. The molecule has 2 aromatic rings. The summed E-state index contributed by atoms with van der Waals surface area (Å²) in [5.41, 5.74) is 2.00. The van der Waals surface area contributed by atoms with Gasteiger partial charge < -0.3 is 14.5 Å².